The van der Waals surface area contributed by atoms with E-state index in [1.54, 1.807) is 6.07 Å². The second-order valence-electron chi connectivity index (χ2n) is 7.77. The van der Waals surface area contributed by atoms with Gasteiger partial charge in [0.25, 0.3) is 0 Å². The van der Waals surface area contributed by atoms with Crippen LogP contribution in [0.25, 0.3) is 11.1 Å². The van der Waals surface area contributed by atoms with E-state index in [1.165, 1.54) is 6.07 Å². The Labute approximate surface area is 153 Å². The number of amides is 1. The lowest BCUT2D eigenvalue weighted by molar-refractivity contribution is 0.175. The molecule has 5 heteroatoms. The summed E-state index contributed by atoms with van der Waals surface area (Å²) in [5.74, 6) is -0.140. The molecule has 2 N–H and O–H groups in total. The van der Waals surface area contributed by atoms with E-state index in [4.69, 9.17) is 9.84 Å². The Morgan fingerprint density at radius 2 is 1.88 bits per heavy atom. The van der Waals surface area contributed by atoms with Crippen LogP contribution in [0.15, 0.2) is 36.4 Å². The molecule has 1 aliphatic rings. The minimum Gasteiger partial charge on any atom is -0.488 e. The Balaban J connectivity index is 1.93. The van der Waals surface area contributed by atoms with Gasteiger partial charge < -0.3 is 15.2 Å². The van der Waals surface area contributed by atoms with Crippen molar-refractivity contribution in [2.75, 3.05) is 0 Å². The third-order valence-electron chi connectivity index (χ3n) is 4.78. The van der Waals surface area contributed by atoms with E-state index >= 15 is 0 Å². The second kappa shape index (κ2) is 6.63. The molecule has 0 radical (unpaired) electrons. The summed E-state index contributed by atoms with van der Waals surface area (Å²) in [6.45, 7) is 7.81. The Morgan fingerprint density at radius 3 is 2.50 bits per heavy atom. The lowest BCUT2D eigenvalue weighted by Crippen LogP contribution is -2.34. The fourth-order valence-electron chi connectivity index (χ4n) is 3.66. The number of hydrogen-bond donors (Lipinski definition) is 2. The number of rotatable bonds is 4. The molecule has 3 rings (SSSR count). The lowest BCUT2D eigenvalue weighted by Gasteiger charge is -2.27. The molecule has 0 heterocycles. The van der Waals surface area contributed by atoms with Gasteiger partial charge in [-0.25, -0.2) is 9.18 Å². The van der Waals surface area contributed by atoms with Crippen molar-refractivity contribution in [1.82, 2.24) is 5.32 Å². The summed E-state index contributed by atoms with van der Waals surface area (Å²) in [4.78, 5) is 11.1. The van der Waals surface area contributed by atoms with Gasteiger partial charge in [-0.3, -0.25) is 0 Å². The summed E-state index contributed by atoms with van der Waals surface area (Å²) in [5.41, 5.74) is 3.55. The number of hydrogen-bond acceptors (Lipinski definition) is 2. The fourth-order valence-corrected chi connectivity index (χ4v) is 3.66. The molecule has 0 saturated carbocycles. The van der Waals surface area contributed by atoms with E-state index in [0.29, 0.717) is 0 Å². The van der Waals surface area contributed by atoms with Crippen molar-refractivity contribution in [2.24, 2.45) is 5.41 Å². The van der Waals surface area contributed by atoms with Crippen LogP contribution in [0.2, 0.25) is 0 Å². The summed E-state index contributed by atoms with van der Waals surface area (Å²) < 4.78 is 19.7. The van der Waals surface area contributed by atoms with E-state index in [2.05, 4.69) is 5.32 Å². The molecule has 0 bridgehead atoms. The predicted molar refractivity (Wildman–Crippen MR) is 99.0 cm³/mol. The first kappa shape index (κ1) is 18.2. The van der Waals surface area contributed by atoms with Crippen LogP contribution < -0.4 is 10.1 Å². The first-order chi connectivity index (χ1) is 12.2. The predicted octanol–water partition coefficient (Wildman–Crippen LogP) is 5.17. The highest BCUT2D eigenvalue weighted by Crippen LogP contribution is 2.46. The zero-order valence-corrected chi connectivity index (χ0v) is 15.5. The van der Waals surface area contributed by atoms with E-state index < -0.39 is 6.09 Å². The standard InChI is InChI=1S/C21H24FNO3/c1-12(2)26-18-8-6-14(10-17(18)22)13-5-7-16-15(9-13)11-21(3,4)19(16)23-20(24)25/h5-10,12,19,23H,11H2,1-4H3,(H,24,25)/t19-/m0/s1. The fraction of sp³-hybridized carbons (Fsp3) is 0.381. The third kappa shape index (κ3) is 3.52. The smallest absolute Gasteiger partial charge is 0.405 e. The van der Waals surface area contributed by atoms with Crippen molar-refractivity contribution in [1.29, 1.82) is 0 Å². The second-order valence-corrected chi connectivity index (χ2v) is 7.77. The minimum atomic E-state index is -1.03. The highest BCUT2D eigenvalue weighted by molar-refractivity contribution is 5.69. The van der Waals surface area contributed by atoms with Gasteiger partial charge >= 0.3 is 6.09 Å². The lowest BCUT2D eigenvalue weighted by atomic mass is 9.85. The van der Waals surface area contributed by atoms with Gasteiger partial charge in [-0.15, -0.1) is 0 Å². The molecule has 0 aromatic heterocycles. The molecule has 0 unspecified atom stereocenters. The van der Waals surface area contributed by atoms with Gasteiger partial charge in [0.2, 0.25) is 0 Å². The number of fused-ring (bicyclic) bond motifs is 1. The SMILES string of the molecule is CC(C)Oc1ccc(-c2ccc3c(c2)CC(C)(C)[C@H]3NC(=O)O)cc1F. The van der Waals surface area contributed by atoms with Crippen LogP contribution in [0.3, 0.4) is 0 Å². The molecule has 2 aromatic carbocycles. The van der Waals surface area contributed by atoms with Gasteiger partial charge in [0.15, 0.2) is 11.6 Å². The van der Waals surface area contributed by atoms with Crippen molar-refractivity contribution in [2.45, 2.75) is 46.3 Å². The monoisotopic (exact) mass is 357 g/mol. The summed E-state index contributed by atoms with van der Waals surface area (Å²) in [7, 11) is 0. The van der Waals surface area contributed by atoms with Gasteiger partial charge in [0, 0.05) is 0 Å². The third-order valence-corrected chi connectivity index (χ3v) is 4.78. The molecule has 1 aliphatic carbocycles. The first-order valence-corrected chi connectivity index (χ1v) is 8.76. The molecule has 0 fully saturated rings. The van der Waals surface area contributed by atoms with Crippen LogP contribution in [0.1, 0.15) is 44.9 Å². The molecule has 1 amide bonds. The quantitative estimate of drug-likeness (QED) is 0.793. The van der Waals surface area contributed by atoms with Crippen LogP contribution in [-0.2, 0) is 6.42 Å². The molecule has 1 atom stereocenters. The summed E-state index contributed by atoms with van der Waals surface area (Å²) in [6.07, 6.45) is -0.350. The first-order valence-electron chi connectivity index (χ1n) is 8.76. The van der Waals surface area contributed by atoms with Crippen LogP contribution in [0.4, 0.5) is 9.18 Å². The van der Waals surface area contributed by atoms with Crippen molar-refractivity contribution in [3.05, 3.63) is 53.3 Å². The molecule has 26 heavy (non-hydrogen) atoms. The molecular formula is C21H24FNO3. The Hall–Kier alpha value is -2.56. The zero-order valence-electron chi connectivity index (χ0n) is 15.5. The van der Waals surface area contributed by atoms with Crippen molar-refractivity contribution in [3.8, 4) is 16.9 Å². The van der Waals surface area contributed by atoms with Gasteiger partial charge in [-0.2, -0.15) is 0 Å². The number of nitrogens with one attached hydrogen (secondary N) is 1. The topological polar surface area (TPSA) is 58.6 Å². The summed E-state index contributed by atoms with van der Waals surface area (Å²) in [6, 6.07) is 10.6. The van der Waals surface area contributed by atoms with Crippen LogP contribution in [-0.4, -0.2) is 17.3 Å². The van der Waals surface area contributed by atoms with Crippen LogP contribution in [0.5, 0.6) is 5.75 Å². The molecule has 138 valence electrons. The maximum atomic E-state index is 14.3. The number of ether oxygens (including phenoxy) is 1. The minimum absolute atomic E-state index is 0.0868. The number of carbonyl (C=O) groups is 1. The van der Waals surface area contributed by atoms with Gasteiger partial charge in [0.05, 0.1) is 12.1 Å². The maximum Gasteiger partial charge on any atom is 0.405 e. The zero-order chi connectivity index (χ0) is 19.1. The van der Waals surface area contributed by atoms with Crippen LogP contribution >= 0.6 is 0 Å². The molecule has 4 nitrogen and oxygen atoms in total. The maximum absolute atomic E-state index is 14.3. The largest absolute Gasteiger partial charge is 0.488 e. The van der Waals surface area contributed by atoms with E-state index in [0.717, 1.165) is 28.7 Å². The number of halogens is 1. The normalized spacial score (nSPS) is 17.8. The van der Waals surface area contributed by atoms with E-state index in [9.17, 15) is 9.18 Å². The average Bonchev–Trinajstić information content (AvgIpc) is 2.78. The molecule has 0 aliphatic heterocycles. The van der Waals surface area contributed by atoms with Crippen LogP contribution in [0, 0.1) is 11.2 Å². The van der Waals surface area contributed by atoms with E-state index in [1.807, 2.05) is 52.0 Å². The highest BCUT2D eigenvalue weighted by atomic mass is 19.1. The van der Waals surface area contributed by atoms with Crippen molar-refractivity contribution >= 4 is 6.09 Å². The number of benzene rings is 2. The van der Waals surface area contributed by atoms with Gasteiger partial charge in [-0.05, 0) is 60.1 Å². The Kier molecular flexibility index (Phi) is 4.65. The average molecular weight is 357 g/mol. The summed E-state index contributed by atoms with van der Waals surface area (Å²) >= 11 is 0. The Morgan fingerprint density at radius 1 is 1.23 bits per heavy atom. The number of carboxylic acid groups (broad SMARTS) is 1. The molecule has 0 spiro atoms. The molecule has 0 saturated heterocycles. The summed E-state index contributed by atoms with van der Waals surface area (Å²) in [5, 5.41) is 11.7. The van der Waals surface area contributed by atoms with Crippen molar-refractivity contribution in [3.63, 3.8) is 0 Å². The van der Waals surface area contributed by atoms with Gasteiger partial charge in [0.1, 0.15) is 0 Å². The highest BCUT2D eigenvalue weighted by Gasteiger charge is 2.40. The molecule has 2 aromatic rings. The van der Waals surface area contributed by atoms with Gasteiger partial charge in [-0.1, -0.05) is 38.1 Å². The molecular weight excluding hydrogens is 333 g/mol. The Bertz CT molecular complexity index is 845. The van der Waals surface area contributed by atoms with E-state index in [-0.39, 0.29) is 29.1 Å². The van der Waals surface area contributed by atoms with Crippen molar-refractivity contribution < 1.29 is 19.0 Å².